The first-order valence-corrected chi connectivity index (χ1v) is 3.91. The van der Waals surface area contributed by atoms with E-state index in [1.165, 1.54) is 5.57 Å². The molecule has 11 heavy (non-hydrogen) atoms. The molecule has 2 unspecified atom stereocenters. The van der Waals surface area contributed by atoms with Gasteiger partial charge < -0.3 is 5.32 Å². The van der Waals surface area contributed by atoms with Crippen LogP contribution in [0.5, 0.6) is 0 Å². The highest BCUT2D eigenvalue weighted by atomic mass is 15.1. The number of aliphatic imine (C=N–C) groups is 2. The molecule has 0 saturated heterocycles. The van der Waals surface area contributed by atoms with Crippen LogP contribution in [0.2, 0.25) is 0 Å². The first kappa shape index (κ1) is 6.58. The lowest BCUT2D eigenvalue weighted by molar-refractivity contribution is 0.581. The third kappa shape index (κ3) is 0.964. The van der Waals surface area contributed by atoms with Crippen molar-refractivity contribution in [1.29, 1.82) is 0 Å². The van der Waals surface area contributed by atoms with E-state index in [2.05, 4.69) is 28.4 Å². The first-order chi connectivity index (χ1) is 5.42. The van der Waals surface area contributed by atoms with Crippen LogP contribution in [-0.4, -0.2) is 18.7 Å². The van der Waals surface area contributed by atoms with Gasteiger partial charge in [0.05, 0.1) is 5.92 Å². The second kappa shape index (κ2) is 2.49. The van der Waals surface area contributed by atoms with E-state index in [9.17, 15) is 0 Å². The quantitative estimate of drug-likeness (QED) is 0.591. The van der Waals surface area contributed by atoms with E-state index in [0.717, 1.165) is 6.42 Å². The third-order valence-corrected chi connectivity index (χ3v) is 2.16. The van der Waals surface area contributed by atoms with Gasteiger partial charge in [-0.2, -0.15) is 0 Å². The van der Waals surface area contributed by atoms with Gasteiger partial charge in [0.2, 0.25) is 0 Å². The minimum Gasteiger partial charge on any atom is -0.369 e. The largest absolute Gasteiger partial charge is 0.369 e. The Hall–Kier alpha value is -1.12. The molecule has 0 amide bonds. The van der Waals surface area contributed by atoms with E-state index in [0.29, 0.717) is 5.92 Å². The summed E-state index contributed by atoms with van der Waals surface area (Å²) in [7, 11) is 0. The fraction of sp³-hybridized carbons (Fsp3) is 0.500. The van der Waals surface area contributed by atoms with Crippen molar-refractivity contribution >= 4 is 12.6 Å². The molecule has 0 saturated carbocycles. The fourth-order valence-corrected chi connectivity index (χ4v) is 1.49. The van der Waals surface area contributed by atoms with Gasteiger partial charge in [-0.05, 0) is 18.2 Å². The van der Waals surface area contributed by atoms with Crippen LogP contribution in [0.15, 0.2) is 21.8 Å². The summed E-state index contributed by atoms with van der Waals surface area (Å²) in [6, 6.07) is 0. The summed E-state index contributed by atoms with van der Waals surface area (Å²) in [5, 5.41) is 3.21. The lowest BCUT2D eigenvalue weighted by Crippen LogP contribution is -2.28. The summed E-state index contributed by atoms with van der Waals surface area (Å²) in [6.45, 7) is 2.15. The SMILES string of the molecule is CCC1=CNC2N=CN=CC12. The van der Waals surface area contributed by atoms with Gasteiger partial charge in [-0.15, -0.1) is 0 Å². The van der Waals surface area contributed by atoms with Crippen molar-refractivity contribution in [2.45, 2.75) is 19.5 Å². The lowest BCUT2D eigenvalue weighted by atomic mass is 9.99. The molecular formula is C8H11N3. The Bertz CT molecular complexity index is 240. The molecule has 0 aliphatic carbocycles. The molecule has 2 aliphatic rings. The van der Waals surface area contributed by atoms with Crippen molar-refractivity contribution in [1.82, 2.24) is 5.32 Å². The van der Waals surface area contributed by atoms with E-state index in [1.807, 2.05) is 6.21 Å². The Balaban J connectivity index is 2.20. The van der Waals surface area contributed by atoms with Gasteiger partial charge in [0.15, 0.2) is 0 Å². The van der Waals surface area contributed by atoms with Crippen LogP contribution in [-0.2, 0) is 0 Å². The minimum absolute atomic E-state index is 0.224. The summed E-state index contributed by atoms with van der Waals surface area (Å²) in [4.78, 5) is 8.22. The van der Waals surface area contributed by atoms with Crippen molar-refractivity contribution in [3.8, 4) is 0 Å². The molecule has 58 valence electrons. The Morgan fingerprint density at radius 3 is 3.36 bits per heavy atom. The number of hydrogen-bond donors (Lipinski definition) is 1. The normalized spacial score (nSPS) is 33.0. The summed E-state index contributed by atoms with van der Waals surface area (Å²) in [5.41, 5.74) is 1.40. The predicted molar refractivity (Wildman–Crippen MR) is 45.8 cm³/mol. The molecule has 0 radical (unpaired) electrons. The minimum atomic E-state index is 0.224. The molecule has 0 fully saturated rings. The van der Waals surface area contributed by atoms with Gasteiger partial charge in [0.1, 0.15) is 12.5 Å². The second-order valence-corrected chi connectivity index (χ2v) is 2.77. The molecule has 2 atom stereocenters. The smallest absolute Gasteiger partial charge is 0.131 e. The van der Waals surface area contributed by atoms with E-state index in [1.54, 1.807) is 6.34 Å². The number of fused-ring (bicyclic) bond motifs is 1. The van der Waals surface area contributed by atoms with E-state index in [-0.39, 0.29) is 6.17 Å². The molecule has 1 N–H and O–H groups in total. The van der Waals surface area contributed by atoms with Crippen LogP contribution in [0.1, 0.15) is 13.3 Å². The van der Waals surface area contributed by atoms with Crippen LogP contribution in [0, 0.1) is 5.92 Å². The van der Waals surface area contributed by atoms with E-state index < -0.39 is 0 Å². The van der Waals surface area contributed by atoms with Crippen LogP contribution >= 0.6 is 0 Å². The fourth-order valence-electron chi connectivity index (χ4n) is 1.49. The number of nitrogens with zero attached hydrogens (tertiary/aromatic N) is 2. The van der Waals surface area contributed by atoms with Gasteiger partial charge in [0.25, 0.3) is 0 Å². The summed E-state index contributed by atoms with van der Waals surface area (Å²) in [5.74, 6) is 0.407. The molecule has 0 aromatic rings. The molecule has 0 bridgehead atoms. The highest BCUT2D eigenvalue weighted by Gasteiger charge is 2.27. The molecule has 0 aromatic carbocycles. The first-order valence-electron chi connectivity index (χ1n) is 3.91. The number of rotatable bonds is 1. The van der Waals surface area contributed by atoms with E-state index in [4.69, 9.17) is 0 Å². The Morgan fingerprint density at radius 1 is 1.64 bits per heavy atom. The summed E-state index contributed by atoms with van der Waals surface area (Å²) < 4.78 is 0. The van der Waals surface area contributed by atoms with Gasteiger partial charge in [0, 0.05) is 6.21 Å². The van der Waals surface area contributed by atoms with Gasteiger partial charge in [-0.25, -0.2) is 9.98 Å². The standard InChI is InChI=1S/C8H11N3/c1-2-6-3-10-8-7(6)4-9-5-11-8/h3-5,7-8,10H,2H2,1H3. The van der Waals surface area contributed by atoms with Crippen molar-refractivity contribution < 1.29 is 0 Å². The Labute approximate surface area is 65.9 Å². The predicted octanol–water partition coefficient (Wildman–Crippen LogP) is 0.939. The lowest BCUT2D eigenvalue weighted by Gasteiger charge is -2.16. The van der Waals surface area contributed by atoms with Crippen LogP contribution in [0.25, 0.3) is 0 Å². The van der Waals surface area contributed by atoms with Gasteiger partial charge in [-0.3, -0.25) is 0 Å². The van der Waals surface area contributed by atoms with Crippen molar-refractivity contribution in [2.24, 2.45) is 15.9 Å². The molecule has 0 spiro atoms. The molecule has 2 aliphatic heterocycles. The Morgan fingerprint density at radius 2 is 2.55 bits per heavy atom. The zero-order chi connectivity index (χ0) is 7.68. The van der Waals surface area contributed by atoms with Crippen LogP contribution in [0.4, 0.5) is 0 Å². The number of nitrogens with one attached hydrogen (secondary N) is 1. The van der Waals surface area contributed by atoms with Crippen molar-refractivity contribution in [3.63, 3.8) is 0 Å². The van der Waals surface area contributed by atoms with Crippen LogP contribution in [0.3, 0.4) is 0 Å². The highest BCUT2D eigenvalue weighted by molar-refractivity contribution is 5.79. The molecule has 2 heterocycles. The van der Waals surface area contributed by atoms with Gasteiger partial charge >= 0.3 is 0 Å². The third-order valence-electron chi connectivity index (χ3n) is 2.16. The van der Waals surface area contributed by atoms with Crippen molar-refractivity contribution in [2.75, 3.05) is 0 Å². The molecule has 3 nitrogen and oxygen atoms in total. The zero-order valence-corrected chi connectivity index (χ0v) is 6.49. The molecular weight excluding hydrogens is 138 g/mol. The maximum absolute atomic E-state index is 4.20. The zero-order valence-electron chi connectivity index (χ0n) is 6.49. The van der Waals surface area contributed by atoms with Crippen molar-refractivity contribution in [3.05, 3.63) is 11.8 Å². The average molecular weight is 149 g/mol. The molecule has 2 rings (SSSR count). The topological polar surface area (TPSA) is 36.8 Å². The Kier molecular flexibility index (Phi) is 1.49. The van der Waals surface area contributed by atoms with E-state index >= 15 is 0 Å². The maximum Gasteiger partial charge on any atom is 0.131 e. The monoisotopic (exact) mass is 149 g/mol. The number of hydrogen-bond acceptors (Lipinski definition) is 3. The molecule has 3 heteroatoms. The van der Waals surface area contributed by atoms with Gasteiger partial charge in [-0.1, -0.05) is 6.92 Å². The summed E-state index contributed by atoms with van der Waals surface area (Å²) in [6.07, 6.45) is 6.94. The summed E-state index contributed by atoms with van der Waals surface area (Å²) >= 11 is 0. The highest BCUT2D eigenvalue weighted by Crippen LogP contribution is 2.23. The second-order valence-electron chi connectivity index (χ2n) is 2.77. The van der Waals surface area contributed by atoms with Crippen LogP contribution < -0.4 is 5.32 Å². The molecule has 0 aromatic heterocycles. The average Bonchev–Trinajstić information content (AvgIpc) is 2.47. The maximum atomic E-state index is 4.20.